The lowest BCUT2D eigenvalue weighted by Gasteiger charge is -2.34. The number of hydrogen-bond acceptors (Lipinski definition) is 5. The van der Waals surface area contributed by atoms with Gasteiger partial charge < -0.3 is 9.42 Å². The first-order valence-electron chi connectivity index (χ1n) is 8.33. The highest BCUT2D eigenvalue weighted by Gasteiger charge is 2.22. The maximum absolute atomic E-state index is 12.4. The highest BCUT2D eigenvalue weighted by atomic mass is 79.9. The molecule has 7 heteroatoms. The van der Waals surface area contributed by atoms with Crippen molar-refractivity contribution >= 4 is 33.6 Å². The van der Waals surface area contributed by atoms with E-state index in [0.717, 1.165) is 53.5 Å². The van der Waals surface area contributed by atoms with Crippen LogP contribution in [0.3, 0.4) is 0 Å². The molecule has 1 aliphatic heterocycles. The van der Waals surface area contributed by atoms with Crippen molar-refractivity contribution in [3.63, 3.8) is 0 Å². The molecule has 1 saturated heterocycles. The quantitative estimate of drug-likeness (QED) is 0.688. The number of amides is 1. The zero-order chi connectivity index (χ0) is 17.8. The van der Waals surface area contributed by atoms with E-state index in [0.29, 0.717) is 5.75 Å². The van der Waals surface area contributed by atoms with Gasteiger partial charge in [0.25, 0.3) is 0 Å². The Balaban J connectivity index is 1.45. The molecule has 25 heavy (non-hydrogen) atoms. The number of nitrogens with zero attached hydrogens (tertiary/aromatic N) is 3. The van der Waals surface area contributed by atoms with Crippen LogP contribution in [0.15, 0.2) is 38.2 Å². The Morgan fingerprint density at radius 1 is 1.20 bits per heavy atom. The van der Waals surface area contributed by atoms with E-state index in [1.54, 1.807) is 11.8 Å². The molecule has 1 fully saturated rings. The average Bonchev–Trinajstić information content (AvgIpc) is 2.93. The van der Waals surface area contributed by atoms with Crippen molar-refractivity contribution in [2.45, 2.75) is 25.3 Å². The predicted molar refractivity (Wildman–Crippen MR) is 103 cm³/mol. The van der Waals surface area contributed by atoms with Gasteiger partial charge in [-0.05, 0) is 38.1 Å². The maximum atomic E-state index is 12.4. The minimum atomic E-state index is 0.213. The van der Waals surface area contributed by atoms with Gasteiger partial charge in [-0.3, -0.25) is 9.69 Å². The van der Waals surface area contributed by atoms with Crippen LogP contribution in [0.2, 0.25) is 0 Å². The third kappa shape index (κ3) is 4.86. The number of rotatable bonds is 5. The summed E-state index contributed by atoms with van der Waals surface area (Å²) in [6.07, 6.45) is 0. The zero-order valence-electron chi connectivity index (χ0n) is 14.5. The second kappa shape index (κ2) is 8.38. The molecule has 3 rings (SSSR count). The second-order valence-corrected chi connectivity index (χ2v) is 8.17. The summed E-state index contributed by atoms with van der Waals surface area (Å²) in [6.45, 7) is 8.11. The Bertz CT molecular complexity index is 705. The summed E-state index contributed by atoms with van der Waals surface area (Å²) in [4.78, 5) is 17.9. The molecule has 2 aromatic rings. The lowest BCUT2D eigenvalue weighted by molar-refractivity contribution is -0.130. The first-order valence-corrected chi connectivity index (χ1v) is 10.1. The molecule has 1 aromatic carbocycles. The molecule has 0 radical (unpaired) electrons. The Morgan fingerprint density at radius 3 is 2.48 bits per heavy atom. The van der Waals surface area contributed by atoms with Crippen molar-refractivity contribution in [1.82, 2.24) is 15.0 Å². The van der Waals surface area contributed by atoms with Gasteiger partial charge in [-0.1, -0.05) is 21.1 Å². The molecule has 0 unspecified atom stereocenters. The van der Waals surface area contributed by atoms with Crippen LogP contribution < -0.4 is 0 Å². The Kier molecular flexibility index (Phi) is 6.19. The summed E-state index contributed by atoms with van der Waals surface area (Å²) in [7, 11) is 0. The number of carbonyl (C=O) groups is 1. The maximum Gasteiger partial charge on any atom is 0.233 e. The van der Waals surface area contributed by atoms with Crippen molar-refractivity contribution in [2.24, 2.45) is 0 Å². The number of hydrogen-bond donors (Lipinski definition) is 0. The molecule has 0 saturated carbocycles. The van der Waals surface area contributed by atoms with E-state index in [1.165, 1.54) is 5.56 Å². The fraction of sp³-hybridized carbons (Fsp3) is 0.444. The summed E-state index contributed by atoms with van der Waals surface area (Å²) in [5.41, 5.74) is 2.13. The molecular formula is C18H22BrN3O2S. The molecule has 1 aliphatic rings. The van der Waals surface area contributed by atoms with Crippen molar-refractivity contribution < 1.29 is 9.32 Å². The minimum absolute atomic E-state index is 0.213. The van der Waals surface area contributed by atoms with E-state index in [9.17, 15) is 4.79 Å². The monoisotopic (exact) mass is 423 g/mol. The van der Waals surface area contributed by atoms with Gasteiger partial charge in [0.15, 0.2) is 0 Å². The van der Waals surface area contributed by atoms with Gasteiger partial charge in [-0.25, -0.2) is 0 Å². The highest BCUT2D eigenvalue weighted by molar-refractivity contribution is 9.10. The number of halogens is 1. The van der Waals surface area contributed by atoms with Crippen molar-refractivity contribution in [3.8, 4) is 0 Å². The SMILES string of the molecule is Cc1noc(C)c1CN1CCN(C(=O)CSc2ccc(Br)cc2)CC1. The number of aromatic nitrogens is 1. The fourth-order valence-corrected chi connectivity index (χ4v) is 3.94. The van der Waals surface area contributed by atoms with Crippen molar-refractivity contribution in [2.75, 3.05) is 31.9 Å². The lowest BCUT2D eigenvalue weighted by atomic mass is 10.2. The van der Waals surface area contributed by atoms with Crippen LogP contribution in [-0.4, -0.2) is 52.8 Å². The zero-order valence-corrected chi connectivity index (χ0v) is 16.9. The first kappa shape index (κ1) is 18.5. The molecule has 0 N–H and O–H groups in total. The molecule has 0 spiro atoms. The van der Waals surface area contributed by atoms with E-state index >= 15 is 0 Å². The van der Waals surface area contributed by atoms with E-state index in [4.69, 9.17) is 4.52 Å². The van der Waals surface area contributed by atoms with Crippen molar-refractivity contribution in [3.05, 3.63) is 45.8 Å². The molecule has 1 amide bonds. The van der Waals surface area contributed by atoms with Gasteiger partial charge in [0.2, 0.25) is 5.91 Å². The van der Waals surface area contributed by atoms with Crippen LogP contribution >= 0.6 is 27.7 Å². The van der Waals surface area contributed by atoms with E-state index in [-0.39, 0.29) is 5.91 Å². The van der Waals surface area contributed by atoms with Gasteiger partial charge in [0, 0.05) is 47.7 Å². The largest absolute Gasteiger partial charge is 0.361 e. The number of piperazine rings is 1. The second-order valence-electron chi connectivity index (χ2n) is 6.20. The topological polar surface area (TPSA) is 49.6 Å². The van der Waals surface area contributed by atoms with Gasteiger partial charge in [-0.15, -0.1) is 11.8 Å². The van der Waals surface area contributed by atoms with Crippen molar-refractivity contribution in [1.29, 1.82) is 0 Å². The van der Waals surface area contributed by atoms with E-state index < -0.39 is 0 Å². The number of carbonyl (C=O) groups excluding carboxylic acids is 1. The third-order valence-corrected chi connectivity index (χ3v) is 5.99. The standard InChI is InChI=1S/C18H22BrN3O2S/c1-13-17(14(2)24-20-13)11-21-7-9-22(10-8-21)18(23)12-25-16-5-3-15(19)4-6-16/h3-6H,7-12H2,1-2H3. The van der Waals surface area contributed by atoms with Crippen LogP contribution in [-0.2, 0) is 11.3 Å². The summed E-state index contributed by atoms with van der Waals surface area (Å²) in [5.74, 6) is 1.60. The number of benzene rings is 1. The van der Waals surface area contributed by atoms with E-state index in [2.05, 4.69) is 26.0 Å². The van der Waals surface area contributed by atoms with Gasteiger partial charge in [0.05, 0.1) is 11.4 Å². The molecule has 134 valence electrons. The molecule has 0 atom stereocenters. The van der Waals surface area contributed by atoms with Gasteiger partial charge in [-0.2, -0.15) is 0 Å². The summed E-state index contributed by atoms with van der Waals surface area (Å²) in [5, 5.41) is 4.01. The van der Waals surface area contributed by atoms with Crippen LogP contribution in [0.5, 0.6) is 0 Å². The number of aryl methyl sites for hydroxylation is 2. The van der Waals surface area contributed by atoms with E-state index in [1.807, 2.05) is 43.0 Å². The average molecular weight is 424 g/mol. The Labute approximate surface area is 160 Å². The fourth-order valence-electron chi connectivity index (χ4n) is 2.87. The molecule has 0 bridgehead atoms. The predicted octanol–water partition coefficient (Wildman–Crippen LogP) is 3.49. The normalized spacial score (nSPS) is 15.6. The minimum Gasteiger partial charge on any atom is -0.361 e. The summed E-state index contributed by atoms with van der Waals surface area (Å²) < 4.78 is 6.28. The van der Waals surface area contributed by atoms with Crippen LogP contribution in [0.1, 0.15) is 17.0 Å². The number of thioether (sulfide) groups is 1. The summed E-state index contributed by atoms with van der Waals surface area (Å²) in [6, 6.07) is 8.06. The van der Waals surface area contributed by atoms with Crippen LogP contribution in [0.25, 0.3) is 0 Å². The molecular weight excluding hydrogens is 402 g/mol. The van der Waals surface area contributed by atoms with Crippen LogP contribution in [0.4, 0.5) is 0 Å². The Morgan fingerprint density at radius 2 is 1.88 bits per heavy atom. The lowest BCUT2D eigenvalue weighted by Crippen LogP contribution is -2.48. The summed E-state index contributed by atoms with van der Waals surface area (Å²) >= 11 is 5.02. The molecule has 2 heterocycles. The first-order chi connectivity index (χ1) is 12.0. The van der Waals surface area contributed by atoms with Gasteiger partial charge >= 0.3 is 0 Å². The highest BCUT2D eigenvalue weighted by Crippen LogP contribution is 2.21. The smallest absolute Gasteiger partial charge is 0.233 e. The Hall–Kier alpha value is -1.31. The van der Waals surface area contributed by atoms with Crippen LogP contribution in [0, 0.1) is 13.8 Å². The molecule has 5 nitrogen and oxygen atoms in total. The molecule has 0 aliphatic carbocycles. The van der Waals surface area contributed by atoms with Gasteiger partial charge in [0.1, 0.15) is 5.76 Å². The third-order valence-electron chi connectivity index (χ3n) is 4.46. The molecule has 1 aromatic heterocycles.